The summed E-state index contributed by atoms with van der Waals surface area (Å²) in [7, 11) is 0. The van der Waals surface area contributed by atoms with Gasteiger partial charge in [-0.15, -0.1) is 0 Å². The van der Waals surface area contributed by atoms with Gasteiger partial charge in [-0.1, -0.05) is 0 Å². The van der Waals surface area contributed by atoms with Gasteiger partial charge in [0.2, 0.25) is 24.6 Å². The van der Waals surface area contributed by atoms with Gasteiger partial charge in [0.05, 0.1) is 0 Å². The van der Waals surface area contributed by atoms with Crippen molar-refractivity contribution < 1.29 is 19.1 Å². The van der Waals surface area contributed by atoms with Crippen molar-refractivity contribution in [3.05, 3.63) is 36.7 Å². The standard InChI is InChI=1S/C20H21N5O4/c26-17(23-14-2-3-15-16(12-14)29-13-28-15)20(4-5-20)18(27)24-8-10-25(11-9-24)19-21-6-1-7-22-19/h1-3,6-7,12H,4-5,8-11,13H2,(H,23,26). The molecule has 1 aromatic heterocycles. The van der Waals surface area contributed by atoms with Crippen LogP contribution in [0.15, 0.2) is 36.7 Å². The molecule has 2 fully saturated rings. The average molecular weight is 395 g/mol. The molecule has 29 heavy (non-hydrogen) atoms. The number of ether oxygens (including phenoxy) is 2. The summed E-state index contributed by atoms with van der Waals surface area (Å²) in [5.41, 5.74) is -0.355. The number of carbonyl (C=O) groups excluding carboxylic acids is 2. The molecule has 5 rings (SSSR count). The number of carbonyl (C=O) groups is 2. The number of benzene rings is 1. The molecule has 0 spiro atoms. The van der Waals surface area contributed by atoms with Crippen LogP contribution >= 0.6 is 0 Å². The van der Waals surface area contributed by atoms with Crippen molar-refractivity contribution in [2.45, 2.75) is 12.8 Å². The van der Waals surface area contributed by atoms with E-state index in [1.807, 2.05) is 0 Å². The molecule has 1 saturated heterocycles. The second kappa shape index (κ2) is 6.91. The highest BCUT2D eigenvalue weighted by Crippen LogP contribution is 2.48. The smallest absolute Gasteiger partial charge is 0.240 e. The lowest BCUT2D eigenvalue weighted by Crippen LogP contribution is -2.53. The monoisotopic (exact) mass is 395 g/mol. The number of nitrogens with zero attached hydrogens (tertiary/aromatic N) is 4. The van der Waals surface area contributed by atoms with Crippen LogP contribution in [0, 0.1) is 5.41 Å². The van der Waals surface area contributed by atoms with Crippen LogP contribution in [-0.4, -0.2) is 59.7 Å². The van der Waals surface area contributed by atoms with E-state index in [1.54, 1.807) is 41.6 Å². The first kappa shape index (κ1) is 17.7. The summed E-state index contributed by atoms with van der Waals surface area (Å²) in [5.74, 6) is 1.57. The maximum atomic E-state index is 13.1. The fourth-order valence-corrected chi connectivity index (χ4v) is 3.75. The maximum Gasteiger partial charge on any atom is 0.240 e. The molecule has 2 aliphatic heterocycles. The zero-order chi connectivity index (χ0) is 19.8. The van der Waals surface area contributed by atoms with Crippen molar-refractivity contribution in [1.82, 2.24) is 14.9 Å². The zero-order valence-electron chi connectivity index (χ0n) is 15.8. The van der Waals surface area contributed by atoms with Gasteiger partial charge in [-0.05, 0) is 31.0 Å². The number of rotatable bonds is 4. The van der Waals surface area contributed by atoms with Crippen molar-refractivity contribution in [2.24, 2.45) is 5.41 Å². The SMILES string of the molecule is O=C(Nc1ccc2c(c1)OCO2)C1(C(=O)N2CCN(c3ncccn3)CC2)CC1. The molecule has 0 unspecified atom stereocenters. The van der Waals surface area contributed by atoms with Gasteiger partial charge in [-0.2, -0.15) is 0 Å². The minimum Gasteiger partial charge on any atom is -0.454 e. The zero-order valence-corrected chi connectivity index (χ0v) is 15.8. The van der Waals surface area contributed by atoms with E-state index >= 15 is 0 Å². The van der Waals surface area contributed by atoms with Crippen LogP contribution in [0.4, 0.5) is 11.6 Å². The van der Waals surface area contributed by atoms with Gasteiger partial charge in [0.1, 0.15) is 5.41 Å². The van der Waals surface area contributed by atoms with Gasteiger partial charge >= 0.3 is 0 Å². The maximum absolute atomic E-state index is 13.1. The first-order chi connectivity index (χ1) is 14.2. The Kier molecular flexibility index (Phi) is 4.22. The van der Waals surface area contributed by atoms with E-state index in [0.29, 0.717) is 62.2 Å². The van der Waals surface area contributed by atoms with Gasteiger partial charge in [0, 0.05) is 50.3 Å². The third-order valence-electron chi connectivity index (χ3n) is 5.63. The predicted octanol–water partition coefficient (Wildman–Crippen LogP) is 1.27. The fourth-order valence-electron chi connectivity index (χ4n) is 3.75. The second-order valence-electron chi connectivity index (χ2n) is 7.43. The lowest BCUT2D eigenvalue weighted by Gasteiger charge is -2.36. The summed E-state index contributed by atoms with van der Waals surface area (Å²) in [6.07, 6.45) is 4.56. The minimum atomic E-state index is -0.957. The molecular weight excluding hydrogens is 374 g/mol. The number of amides is 2. The van der Waals surface area contributed by atoms with Gasteiger partial charge in [-0.25, -0.2) is 9.97 Å². The van der Waals surface area contributed by atoms with E-state index in [0.717, 1.165) is 0 Å². The number of nitrogens with one attached hydrogen (secondary N) is 1. The summed E-state index contributed by atoms with van der Waals surface area (Å²) >= 11 is 0. The molecule has 1 saturated carbocycles. The van der Waals surface area contributed by atoms with Gasteiger partial charge < -0.3 is 24.6 Å². The van der Waals surface area contributed by atoms with E-state index in [9.17, 15) is 9.59 Å². The predicted molar refractivity (Wildman–Crippen MR) is 104 cm³/mol. The molecule has 2 aromatic rings. The van der Waals surface area contributed by atoms with Crippen LogP contribution < -0.4 is 19.7 Å². The highest BCUT2D eigenvalue weighted by Gasteiger charge is 2.58. The molecule has 1 aromatic carbocycles. The Morgan fingerprint density at radius 1 is 1.00 bits per heavy atom. The summed E-state index contributed by atoms with van der Waals surface area (Å²) in [6.45, 7) is 2.58. The summed E-state index contributed by atoms with van der Waals surface area (Å²) in [5, 5.41) is 2.88. The normalized spacial score (nSPS) is 19.0. The van der Waals surface area contributed by atoms with E-state index in [2.05, 4.69) is 20.2 Å². The lowest BCUT2D eigenvalue weighted by molar-refractivity contribution is -0.142. The Hall–Kier alpha value is -3.36. The summed E-state index contributed by atoms with van der Waals surface area (Å²) < 4.78 is 10.6. The van der Waals surface area contributed by atoms with E-state index < -0.39 is 5.41 Å². The Morgan fingerprint density at radius 3 is 2.45 bits per heavy atom. The van der Waals surface area contributed by atoms with Crippen LogP contribution in [0.2, 0.25) is 0 Å². The lowest BCUT2D eigenvalue weighted by atomic mass is 10.0. The minimum absolute atomic E-state index is 0.0932. The van der Waals surface area contributed by atoms with Crippen molar-refractivity contribution >= 4 is 23.5 Å². The molecule has 3 heterocycles. The number of aromatic nitrogens is 2. The molecule has 0 radical (unpaired) electrons. The molecule has 0 atom stereocenters. The molecule has 1 N–H and O–H groups in total. The third-order valence-corrected chi connectivity index (χ3v) is 5.63. The van der Waals surface area contributed by atoms with Crippen molar-refractivity contribution in [1.29, 1.82) is 0 Å². The fraction of sp³-hybridized carbons (Fsp3) is 0.400. The second-order valence-corrected chi connectivity index (χ2v) is 7.43. The van der Waals surface area contributed by atoms with Crippen LogP contribution in [0.1, 0.15) is 12.8 Å². The largest absolute Gasteiger partial charge is 0.454 e. The number of piperazine rings is 1. The third kappa shape index (κ3) is 3.22. The Balaban J connectivity index is 1.22. The van der Waals surface area contributed by atoms with Crippen LogP contribution in [0.5, 0.6) is 11.5 Å². The molecule has 3 aliphatic rings. The van der Waals surface area contributed by atoms with Crippen LogP contribution in [0.3, 0.4) is 0 Å². The first-order valence-corrected chi connectivity index (χ1v) is 9.68. The van der Waals surface area contributed by atoms with E-state index in [4.69, 9.17) is 9.47 Å². The highest BCUT2D eigenvalue weighted by molar-refractivity contribution is 6.13. The molecule has 9 nitrogen and oxygen atoms in total. The number of hydrogen-bond donors (Lipinski definition) is 1. The first-order valence-electron chi connectivity index (χ1n) is 9.68. The molecule has 150 valence electrons. The van der Waals surface area contributed by atoms with Gasteiger partial charge in [0.15, 0.2) is 11.5 Å². The molecule has 2 amide bonds. The number of anilines is 2. The van der Waals surface area contributed by atoms with Gasteiger partial charge in [0.25, 0.3) is 0 Å². The van der Waals surface area contributed by atoms with E-state index in [-0.39, 0.29) is 18.6 Å². The van der Waals surface area contributed by atoms with Gasteiger partial charge in [-0.3, -0.25) is 9.59 Å². The van der Waals surface area contributed by atoms with Crippen LogP contribution in [-0.2, 0) is 9.59 Å². The number of hydrogen-bond acceptors (Lipinski definition) is 7. The Labute approximate surface area is 167 Å². The van der Waals surface area contributed by atoms with Crippen molar-refractivity contribution in [2.75, 3.05) is 43.2 Å². The summed E-state index contributed by atoms with van der Waals surface area (Å²) in [6, 6.07) is 7.01. The Morgan fingerprint density at radius 2 is 1.72 bits per heavy atom. The molecule has 0 bridgehead atoms. The molecule has 1 aliphatic carbocycles. The Bertz CT molecular complexity index is 939. The topological polar surface area (TPSA) is 96.9 Å². The highest BCUT2D eigenvalue weighted by atomic mass is 16.7. The quantitative estimate of drug-likeness (QED) is 0.779. The molecule has 9 heteroatoms. The van der Waals surface area contributed by atoms with Crippen LogP contribution in [0.25, 0.3) is 0 Å². The number of fused-ring (bicyclic) bond motifs is 1. The van der Waals surface area contributed by atoms with Crippen molar-refractivity contribution in [3.63, 3.8) is 0 Å². The molecular formula is C20H21N5O4. The van der Waals surface area contributed by atoms with Crippen molar-refractivity contribution in [3.8, 4) is 11.5 Å². The summed E-state index contributed by atoms with van der Waals surface area (Å²) in [4.78, 5) is 38.4. The average Bonchev–Trinajstić information content (AvgIpc) is 3.46. The van der Waals surface area contributed by atoms with E-state index in [1.165, 1.54) is 0 Å².